The molecule has 0 amide bonds. The molecule has 0 saturated heterocycles. The maximum absolute atomic E-state index is 11.9. The summed E-state index contributed by atoms with van der Waals surface area (Å²) in [5.74, 6) is -0.840. The molecule has 0 rings (SSSR count). The summed E-state index contributed by atoms with van der Waals surface area (Å²) in [7, 11) is 3.66. The van der Waals surface area contributed by atoms with Crippen LogP contribution >= 0.6 is 0 Å². The Bertz CT molecular complexity index is 305. The van der Waals surface area contributed by atoms with Crippen molar-refractivity contribution in [3.8, 4) is 0 Å². The van der Waals surface area contributed by atoms with E-state index in [9.17, 15) is 9.59 Å². The Morgan fingerprint density at radius 3 is 2.11 bits per heavy atom. The first-order valence-corrected chi connectivity index (χ1v) is 5.82. The lowest BCUT2D eigenvalue weighted by Crippen LogP contribution is -2.46. The van der Waals surface area contributed by atoms with E-state index in [0.717, 1.165) is 6.08 Å². The lowest BCUT2D eigenvalue weighted by atomic mass is 9.86. The molecule has 0 N–H and O–H groups in total. The van der Waals surface area contributed by atoms with Gasteiger partial charge in [0.05, 0.1) is 0 Å². The van der Waals surface area contributed by atoms with E-state index in [0.29, 0.717) is 0 Å². The van der Waals surface area contributed by atoms with Crippen LogP contribution < -0.4 is 0 Å². The van der Waals surface area contributed by atoms with E-state index in [1.165, 1.54) is 0 Å². The maximum atomic E-state index is 11.9. The molecule has 5 nitrogen and oxygen atoms in total. The Labute approximate surface area is 109 Å². The van der Waals surface area contributed by atoms with Gasteiger partial charge in [-0.05, 0) is 19.5 Å². The van der Waals surface area contributed by atoms with E-state index in [-0.39, 0.29) is 30.6 Å². The highest BCUT2D eigenvalue weighted by Crippen LogP contribution is 2.23. The van der Waals surface area contributed by atoms with Crippen LogP contribution in [-0.2, 0) is 19.1 Å². The lowest BCUT2D eigenvalue weighted by molar-refractivity contribution is -0.157. The predicted octanol–water partition coefficient (Wildman–Crippen LogP) is 1.24. The Balaban J connectivity index is 4.21. The fourth-order valence-electron chi connectivity index (χ4n) is 1.76. The van der Waals surface area contributed by atoms with Gasteiger partial charge in [-0.1, -0.05) is 27.4 Å². The molecule has 18 heavy (non-hydrogen) atoms. The molecule has 0 aliphatic heterocycles. The van der Waals surface area contributed by atoms with Crippen molar-refractivity contribution in [2.24, 2.45) is 5.41 Å². The predicted molar refractivity (Wildman–Crippen MR) is 69.0 cm³/mol. The van der Waals surface area contributed by atoms with Crippen LogP contribution in [0.5, 0.6) is 0 Å². The van der Waals surface area contributed by atoms with Crippen molar-refractivity contribution in [1.29, 1.82) is 0 Å². The summed E-state index contributed by atoms with van der Waals surface area (Å²) in [6, 6.07) is -0.340. The molecule has 0 bridgehead atoms. The van der Waals surface area contributed by atoms with Gasteiger partial charge in [-0.25, -0.2) is 4.79 Å². The second-order valence-corrected chi connectivity index (χ2v) is 5.27. The third kappa shape index (κ3) is 5.82. The maximum Gasteiger partial charge on any atom is 0.330 e. The Morgan fingerprint density at radius 1 is 1.22 bits per heavy atom. The summed E-state index contributed by atoms with van der Waals surface area (Å²) in [6.07, 6.45) is 1.07. The number of likely N-dealkylation sites (N-methyl/N-ethyl adjacent to an activating group) is 1. The summed E-state index contributed by atoms with van der Waals surface area (Å²) >= 11 is 0. The van der Waals surface area contributed by atoms with Gasteiger partial charge in [0.1, 0.15) is 19.3 Å². The van der Waals surface area contributed by atoms with Gasteiger partial charge in [-0.2, -0.15) is 0 Å². The molecule has 0 aliphatic rings. The molecule has 0 aromatic heterocycles. The first-order valence-electron chi connectivity index (χ1n) is 5.82. The fraction of sp³-hybridized carbons (Fsp3) is 0.692. The zero-order valence-electron chi connectivity index (χ0n) is 11.9. The van der Waals surface area contributed by atoms with Crippen molar-refractivity contribution >= 4 is 11.9 Å². The first-order chi connectivity index (χ1) is 8.20. The molecule has 0 fully saturated rings. The molecule has 0 spiro atoms. The molecule has 104 valence electrons. The number of rotatable bonds is 6. The van der Waals surface area contributed by atoms with Gasteiger partial charge in [-0.3, -0.25) is 9.69 Å². The van der Waals surface area contributed by atoms with E-state index in [1.807, 2.05) is 39.8 Å². The van der Waals surface area contributed by atoms with Crippen LogP contribution in [0.4, 0.5) is 0 Å². The molecular formula is C13H23NO4. The summed E-state index contributed by atoms with van der Waals surface area (Å²) in [4.78, 5) is 24.5. The van der Waals surface area contributed by atoms with Crippen LogP contribution in [0.15, 0.2) is 12.7 Å². The molecule has 1 atom stereocenters. The molecular weight excluding hydrogens is 234 g/mol. The van der Waals surface area contributed by atoms with Gasteiger partial charge in [0.2, 0.25) is 0 Å². The number of carbonyl (C=O) groups excluding carboxylic acids is 2. The second kappa shape index (κ2) is 7.16. The SMILES string of the molecule is C=CC(=O)OCCOC(=O)C(N(C)C)C(C)(C)C. The highest BCUT2D eigenvalue weighted by molar-refractivity contribution is 5.81. The number of hydrogen-bond donors (Lipinski definition) is 0. The van der Waals surface area contributed by atoms with Gasteiger partial charge in [0, 0.05) is 6.08 Å². The van der Waals surface area contributed by atoms with Gasteiger partial charge in [0.15, 0.2) is 0 Å². The number of carbonyl (C=O) groups is 2. The highest BCUT2D eigenvalue weighted by Gasteiger charge is 2.34. The monoisotopic (exact) mass is 257 g/mol. The summed E-state index contributed by atoms with van der Waals surface area (Å²) in [6.45, 7) is 9.27. The van der Waals surface area contributed by atoms with Crippen molar-refractivity contribution < 1.29 is 19.1 Å². The number of ether oxygens (including phenoxy) is 2. The molecule has 5 heteroatoms. The van der Waals surface area contributed by atoms with E-state index in [4.69, 9.17) is 9.47 Å². The number of nitrogens with zero attached hydrogens (tertiary/aromatic N) is 1. The average molecular weight is 257 g/mol. The quantitative estimate of drug-likeness (QED) is 0.407. The van der Waals surface area contributed by atoms with Crippen LogP contribution in [0.2, 0.25) is 0 Å². The van der Waals surface area contributed by atoms with Crippen molar-refractivity contribution in [3.05, 3.63) is 12.7 Å². The van der Waals surface area contributed by atoms with Crippen molar-refractivity contribution in [1.82, 2.24) is 4.90 Å². The molecule has 0 aromatic rings. The van der Waals surface area contributed by atoms with Gasteiger partial charge >= 0.3 is 11.9 Å². The minimum Gasteiger partial charge on any atom is -0.461 e. The van der Waals surface area contributed by atoms with Gasteiger partial charge < -0.3 is 9.47 Å². The molecule has 0 heterocycles. The van der Waals surface area contributed by atoms with Gasteiger partial charge in [0.25, 0.3) is 0 Å². The largest absolute Gasteiger partial charge is 0.461 e. The van der Waals surface area contributed by atoms with E-state index >= 15 is 0 Å². The molecule has 1 unspecified atom stereocenters. The number of esters is 2. The molecule has 0 radical (unpaired) electrons. The Kier molecular flexibility index (Phi) is 6.62. The van der Waals surface area contributed by atoms with Crippen LogP contribution in [0.25, 0.3) is 0 Å². The summed E-state index contributed by atoms with van der Waals surface area (Å²) < 4.78 is 9.81. The lowest BCUT2D eigenvalue weighted by Gasteiger charge is -2.33. The van der Waals surface area contributed by atoms with Gasteiger partial charge in [-0.15, -0.1) is 0 Å². The smallest absolute Gasteiger partial charge is 0.330 e. The third-order valence-electron chi connectivity index (χ3n) is 2.30. The average Bonchev–Trinajstić information content (AvgIpc) is 2.21. The van der Waals surface area contributed by atoms with Crippen molar-refractivity contribution in [3.63, 3.8) is 0 Å². The van der Waals surface area contributed by atoms with E-state index in [2.05, 4.69) is 6.58 Å². The first kappa shape index (κ1) is 16.6. The van der Waals surface area contributed by atoms with Crippen molar-refractivity contribution in [2.75, 3.05) is 27.3 Å². The molecule has 0 aromatic carbocycles. The standard InChI is InChI=1S/C13H23NO4/c1-7-10(15)17-8-9-18-12(16)11(14(5)6)13(2,3)4/h7,11H,1,8-9H2,2-6H3. The highest BCUT2D eigenvalue weighted by atomic mass is 16.6. The minimum absolute atomic E-state index is 0.0425. The van der Waals surface area contributed by atoms with Crippen molar-refractivity contribution in [2.45, 2.75) is 26.8 Å². The van der Waals surface area contributed by atoms with Crippen LogP contribution in [0.3, 0.4) is 0 Å². The molecule has 0 saturated carbocycles. The number of hydrogen-bond acceptors (Lipinski definition) is 5. The zero-order chi connectivity index (χ0) is 14.3. The normalized spacial score (nSPS) is 13.0. The second-order valence-electron chi connectivity index (χ2n) is 5.27. The summed E-state index contributed by atoms with van der Waals surface area (Å²) in [5.41, 5.74) is -0.224. The van der Waals surface area contributed by atoms with E-state index in [1.54, 1.807) is 0 Å². The van der Waals surface area contributed by atoms with Crippen LogP contribution in [-0.4, -0.2) is 50.2 Å². The zero-order valence-corrected chi connectivity index (χ0v) is 11.9. The third-order valence-corrected chi connectivity index (χ3v) is 2.30. The Morgan fingerprint density at radius 2 is 1.72 bits per heavy atom. The van der Waals surface area contributed by atoms with Crippen LogP contribution in [0.1, 0.15) is 20.8 Å². The van der Waals surface area contributed by atoms with E-state index < -0.39 is 5.97 Å². The Hall–Kier alpha value is -1.36. The fourth-order valence-corrected chi connectivity index (χ4v) is 1.76. The minimum atomic E-state index is -0.522. The summed E-state index contributed by atoms with van der Waals surface area (Å²) in [5, 5.41) is 0. The van der Waals surface area contributed by atoms with Crippen LogP contribution in [0, 0.1) is 5.41 Å². The topological polar surface area (TPSA) is 55.8 Å². The molecule has 0 aliphatic carbocycles.